The number of hydrogen-bond acceptors (Lipinski definition) is 3. The van der Waals surface area contributed by atoms with Gasteiger partial charge in [-0.3, -0.25) is 4.79 Å². The van der Waals surface area contributed by atoms with Gasteiger partial charge in [-0.05, 0) is 30.4 Å². The number of aliphatic hydroxyl groups excluding tert-OH is 1. The molecule has 2 aromatic carbocycles. The maximum absolute atomic E-state index is 12.7. The predicted octanol–water partition coefficient (Wildman–Crippen LogP) is 3.55. The minimum atomic E-state index is -1.20. The normalized spacial score (nSPS) is 17.1. The summed E-state index contributed by atoms with van der Waals surface area (Å²) in [5.41, 5.74) is 1.22. The van der Waals surface area contributed by atoms with Crippen molar-refractivity contribution in [2.45, 2.75) is 30.8 Å². The van der Waals surface area contributed by atoms with E-state index < -0.39 is 11.5 Å². The van der Waals surface area contributed by atoms with E-state index in [0.717, 1.165) is 24.8 Å². The molecule has 1 saturated carbocycles. The van der Waals surface area contributed by atoms with Crippen LogP contribution in [-0.4, -0.2) is 10.9 Å². The molecule has 110 valence electrons. The number of carbonyl (C=O) groups excluding carboxylic acids is 1. The van der Waals surface area contributed by atoms with Crippen molar-refractivity contribution in [2.75, 3.05) is 0 Å². The Morgan fingerprint density at radius 3 is 2.32 bits per heavy atom. The van der Waals surface area contributed by atoms with E-state index in [1.807, 2.05) is 18.2 Å². The fourth-order valence-electron chi connectivity index (χ4n) is 3.02. The van der Waals surface area contributed by atoms with Gasteiger partial charge in [0.15, 0.2) is 5.78 Å². The van der Waals surface area contributed by atoms with E-state index in [-0.39, 0.29) is 5.78 Å². The molecule has 1 aliphatic carbocycles. The molecule has 1 unspecified atom stereocenters. The van der Waals surface area contributed by atoms with Crippen LogP contribution in [0.2, 0.25) is 0 Å². The second-order valence-corrected chi connectivity index (χ2v) is 5.77. The molecule has 0 saturated heterocycles. The highest BCUT2D eigenvalue weighted by atomic mass is 16.3. The van der Waals surface area contributed by atoms with Gasteiger partial charge in [-0.2, -0.15) is 5.26 Å². The summed E-state index contributed by atoms with van der Waals surface area (Å²) < 4.78 is 0. The van der Waals surface area contributed by atoms with Crippen LogP contribution in [-0.2, 0) is 5.41 Å². The topological polar surface area (TPSA) is 61.1 Å². The summed E-state index contributed by atoms with van der Waals surface area (Å²) >= 11 is 0. The third-order valence-electron chi connectivity index (χ3n) is 4.49. The van der Waals surface area contributed by atoms with Gasteiger partial charge in [-0.15, -0.1) is 0 Å². The summed E-state index contributed by atoms with van der Waals surface area (Å²) in [7, 11) is 0. The summed E-state index contributed by atoms with van der Waals surface area (Å²) in [4.78, 5) is 12.7. The van der Waals surface area contributed by atoms with Gasteiger partial charge in [0.05, 0.1) is 11.5 Å². The number of nitrogens with zero attached hydrogens (tertiary/aromatic N) is 1. The number of hydrogen-bond donors (Lipinski definition) is 1. The summed E-state index contributed by atoms with van der Waals surface area (Å²) in [6.07, 6.45) is 1.35. The van der Waals surface area contributed by atoms with E-state index in [1.54, 1.807) is 36.4 Å². The van der Waals surface area contributed by atoms with Crippen molar-refractivity contribution in [1.82, 2.24) is 0 Å². The van der Waals surface area contributed by atoms with Crippen LogP contribution in [0.4, 0.5) is 0 Å². The smallest absolute Gasteiger partial charge is 0.196 e. The molecule has 0 heterocycles. The summed E-state index contributed by atoms with van der Waals surface area (Å²) in [6, 6.07) is 18.4. The molecule has 2 aromatic rings. The standard InChI is InChI=1S/C19H17NO2/c20-13-19(11-6-12-19)16-10-5-4-9-15(16)18(22)17(21)14-7-2-1-3-8-14/h1-5,7-10,17,21H,6,11-12H2. The van der Waals surface area contributed by atoms with Gasteiger partial charge in [0, 0.05) is 5.56 Å². The van der Waals surface area contributed by atoms with Gasteiger partial charge in [0.2, 0.25) is 0 Å². The first-order valence-corrected chi connectivity index (χ1v) is 7.46. The molecule has 0 spiro atoms. The molecule has 1 atom stereocenters. The van der Waals surface area contributed by atoms with E-state index in [2.05, 4.69) is 6.07 Å². The van der Waals surface area contributed by atoms with Gasteiger partial charge < -0.3 is 5.11 Å². The second kappa shape index (κ2) is 5.75. The molecule has 3 rings (SSSR count). The van der Waals surface area contributed by atoms with E-state index in [9.17, 15) is 15.2 Å². The van der Waals surface area contributed by atoms with Gasteiger partial charge in [0.25, 0.3) is 0 Å². The lowest BCUT2D eigenvalue weighted by atomic mass is 9.64. The van der Waals surface area contributed by atoms with Crippen molar-refractivity contribution in [3.63, 3.8) is 0 Å². The maximum atomic E-state index is 12.7. The highest BCUT2D eigenvalue weighted by Crippen LogP contribution is 2.44. The monoisotopic (exact) mass is 291 g/mol. The fraction of sp³-hybridized carbons (Fsp3) is 0.263. The Hall–Kier alpha value is -2.44. The van der Waals surface area contributed by atoms with Crippen LogP contribution in [0.5, 0.6) is 0 Å². The first kappa shape index (κ1) is 14.5. The molecular weight excluding hydrogens is 274 g/mol. The zero-order valence-electron chi connectivity index (χ0n) is 12.2. The Bertz CT molecular complexity index is 727. The van der Waals surface area contributed by atoms with Crippen molar-refractivity contribution in [3.05, 3.63) is 71.3 Å². The van der Waals surface area contributed by atoms with E-state index >= 15 is 0 Å². The Labute approximate surface area is 129 Å². The number of ketones is 1. The predicted molar refractivity (Wildman–Crippen MR) is 83.3 cm³/mol. The lowest BCUT2D eigenvalue weighted by Crippen LogP contribution is -2.34. The van der Waals surface area contributed by atoms with Crippen molar-refractivity contribution in [1.29, 1.82) is 5.26 Å². The zero-order valence-corrected chi connectivity index (χ0v) is 12.2. The van der Waals surface area contributed by atoms with Crippen molar-refractivity contribution in [3.8, 4) is 6.07 Å². The third kappa shape index (κ3) is 2.32. The SMILES string of the molecule is N#CC1(c2ccccc2C(=O)C(O)c2ccccc2)CCC1. The number of Topliss-reactive ketones (excluding diaryl/α,β-unsaturated/α-hetero) is 1. The maximum Gasteiger partial charge on any atom is 0.196 e. The van der Waals surface area contributed by atoms with E-state index in [4.69, 9.17) is 0 Å². The second-order valence-electron chi connectivity index (χ2n) is 5.77. The van der Waals surface area contributed by atoms with Crippen molar-refractivity contribution >= 4 is 5.78 Å². The molecule has 0 amide bonds. The zero-order chi connectivity index (χ0) is 15.6. The van der Waals surface area contributed by atoms with Crippen molar-refractivity contribution in [2.24, 2.45) is 0 Å². The summed E-state index contributed by atoms with van der Waals surface area (Å²) in [5.74, 6) is -0.344. The first-order chi connectivity index (χ1) is 10.7. The van der Waals surface area contributed by atoms with Crippen LogP contribution in [0.1, 0.15) is 46.9 Å². The van der Waals surface area contributed by atoms with Crippen LogP contribution in [0, 0.1) is 11.3 Å². The van der Waals surface area contributed by atoms with Gasteiger partial charge in [-0.25, -0.2) is 0 Å². The molecule has 0 radical (unpaired) electrons. The van der Waals surface area contributed by atoms with Crippen LogP contribution in [0.3, 0.4) is 0 Å². The van der Waals surface area contributed by atoms with E-state index in [0.29, 0.717) is 11.1 Å². The minimum Gasteiger partial charge on any atom is -0.380 e. The van der Waals surface area contributed by atoms with Crippen LogP contribution < -0.4 is 0 Å². The largest absolute Gasteiger partial charge is 0.380 e. The van der Waals surface area contributed by atoms with Crippen molar-refractivity contribution < 1.29 is 9.90 Å². The lowest BCUT2D eigenvalue weighted by molar-refractivity contribution is 0.0744. The van der Waals surface area contributed by atoms with E-state index in [1.165, 1.54) is 0 Å². The number of carbonyl (C=O) groups is 1. The van der Waals surface area contributed by atoms with Gasteiger partial charge >= 0.3 is 0 Å². The molecule has 0 aliphatic heterocycles. The average molecular weight is 291 g/mol. The summed E-state index contributed by atoms with van der Waals surface area (Å²) in [5, 5.41) is 19.9. The molecule has 0 aromatic heterocycles. The molecule has 3 nitrogen and oxygen atoms in total. The Morgan fingerprint density at radius 1 is 1.09 bits per heavy atom. The molecule has 1 N–H and O–H groups in total. The molecule has 1 aliphatic rings. The van der Waals surface area contributed by atoms with Gasteiger partial charge in [0.1, 0.15) is 6.10 Å². The number of aliphatic hydroxyl groups is 1. The van der Waals surface area contributed by atoms with Crippen LogP contribution in [0.25, 0.3) is 0 Å². The molecule has 3 heteroatoms. The third-order valence-corrected chi connectivity index (χ3v) is 4.49. The van der Waals surface area contributed by atoms with Gasteiger partial charge in [-0.1, -0.05) is 54.6 Å². The Balaban J connectivity index is 1.99. The average Bonchev–Trinajstić information content (AvgIpc) is 2.54. The highest BCUT2D eigenvalue weighted by Gasteiger charge is 2.41. The highest BCUT2D eigenvalue weighted by molar-refractivity contribution is 6.01. The first-order valence-electron chi connectivity index (χ1n) is 7.46. The molecule has 22 heavy (non-hydrogen) atoms. The number of benzene rings is 2. The Morgan fingerprint density at radius 2 is 1.73 bits per heavy atom. The quantitative estimate of drug-likeness (QED) is 0.876. The molecule has 0 bridgehead atoms. The summed E-state index contributed by atoms with van der Waals surface area (Å²) in [6.45, 7) is 0. The molecular formula is C19H17NO2. The lowest BCUT2D eigenvalue weighted by Gasteiger charge is -2.37. The Kier molecular flexibility index (Phi) is 3.79. The van der Waals surface area contributed by atoms with Crippen LogP contribution in [0.15, 0.2) is 54.6 Å². The number of rotatable bonds is 4. The number of nitriles is 1. The minimum absolute atomic E-state index is 0.344. The fourth-order valence-corrected chi connectivity index (χ4v) is 3.02. The van der Waals surface area contributed by atoms with Crippen LogP contribution >= 0.6 is 0 Å². The molecule has 1 fully saturated rings.